The van der Waals surface area contributed by atoms with Crippen molar-refractivity contribution in [3.05, 3.63) is 52.4 Å². The summed E-state index contributed by atoms with van der Waals surface area (Å²) < 4.78 is 27.4. The van der Waals surface area contributed by atoms with Crippen LogP contribution in [0.15, 0.2) is 36.4 Å². The van der Waals surface area contributed by atoms with Crippen LogP contribution in [-0.4, -0.2) is 40.9 Å². The number of amides is 3. The molecule has 0 saturated carbocycles. The zero-order chi connectivity index (χ0) is 24.6. The quantitative estimate of drug-likeness (QED) is 0.246. The first-order valence-corrected chi connectivity index (χ1v) is 10.2. The van der Waals surface area contributed by atoms with Crippen molar-refractivity contribution in [1.82, 2.24) is 16.1 Å². The minimum absolute atomic E-state index is 0.0378. The molecule has 1 aromatic heterocycles. The van der Waals surface area contributed by atoms with Crippen LogP contribution in [0.2, 0.25) is 0 Å². The van der Waals surface area contributed by atoms with Crippen LogP contribution in [0, 0.1) is 23.7 Å². The van der Waals surface area contributed by atoms with E-state index in [1.165, 1.54) is 41.1 Å². The average molecular weight is 474 g/mol. The van der Waals surface area contributed by atoms with Gasteiger partial charge in [-0.3, -0.25) is 19.6 Å². The fraction of sp³-hybridized carbons (Fsp3) is 0.227. The van der Waals surface area contributed by atoms with Crippen LogP contribution in [0.3, 0.4) is 0 Å². The number of hydroxylamine groups is 1. The summed E-state index contributed by atoms with van der Waals surface area (Å²) in [5, 5.41) is 13.7. The van der Waals surface area contributed by atoms with Gasteiger partial charge in [-0.15, -0.1) is 11.3 Å². The lowest BCUT2D eigenvalue weighted by atomic mass is 9.91. The molecule has 2 unspecified atom stereocenters. The summed E-state index contributed by atoms with van der Waals surface area (Å²) in [5.41, 5.74) is 4.94. The number of carbonyl (C=O) groups excluding carboxylic acids is 3. The van der Waals surface area contributed by atoms with E-state index in [0.717, 1.165) is 18.7 Å². The van der Waals surface area contributed by atoms with Crippen LogP contribution < -0.4 is 21.8 Å². The molecule has 2 aromatic rings. The molecule has 0 aliphatic rings. The van der Waals surface area contributed by atoms with Gasteiger partial charge in [-0.25, -0.2) is 14.3 Å². The Labute approximate surface area is 192 Å². The summed E-state index contributed by atoms with van der Waals surface area (Å²) in [6.07, 6.45) is -3.24. The van der Waals surface area contributed by atoms with Crippen molar-refractivity contribution in [3.8, 4) is 23.7 Å². The Kier molecular flexibility index (Phi) is 8.51. The van der Waals surface area contributed by atoms with Gasteiger partial charge in [-0.05, 0) is 61.1 Å². The van der Waals surface area contributed by atoms with E-state index < -0.39 is 35.7 Å². The number of carbonyl (C=O) groups is 3. The van der Waals surface area contributed by atoms with Gasteiger partial charge in [-0.1, -0.05) is 5.92 Å². The first-order valence-electron chi connectivity index (χ1n) is 9.36. The number of nitrogen functional groups attached to an aromatic ring is 1. The second-order valence-corrected chi connectivity index (χ2v) is 8.04. The molecule has 172 valence electrons. The molecule has 33 heavy (non-hydrogen) atoms. The fourth-order valence-corrected chi connectivity index (χ4v) is 3.35. The smallest absolute Gasteiger partial charge is 0.268 e. The molecule has 0 radical (unpaired) electrons. The largest absolute Gasteiger partial charge is 0.391 e. The highest BCUT2D eigenvalue weighted by Crippen LogP contribution is 2.21. The summed E-state index contributed by atoms with van der Waals surface area (Å²) in [7, 11) is 0. The topological polar surface area (TPSA) is 134 Å². The number of halogens is 2. The molecule has 1 heterocycles. The zero-order valence-electron chi connectivity index (χ0n) is 17.5. The van der Waals surface area contributed by atoms with Crippen LogP contribution in [0.1, 0.15) is 34.6 Å². The molecule has 1 aromatic carbocycles. The zero-order valence-corrected chi connectivity index (χ0v) is 18.3. The van der Waals surface area contributed by atoms with Gasteiger partial charge in [0.05, 0.1) is 9.88 Å². The number of nitrogens with two attached hydrogens (primary N) is 1. The molecule has 0 bridgehead atoms. The molecule has 11 heteroatoms. The molecule has 2 atom stereocenters. The van der Waals surface area contributed by atoms with Gasteiger partial charge in [0, 0.05) is 18.1 Å². The third-order valence-corrected chi connectivity index (χ3v) is 5.20. The molecule has 6 N–H and O–H groups in total. The summed E-state index contributed by atoms with van der Waals surface area (Å²) >= 11 is 1.33. The van der Waals surface area contributed by atoms with E-state index in [0.29, 0.717) is 10.6 Å². The highest BCUT2D eigenvalue weighted by molar-refractivity contribution is 7.16. The molecule has 8 nitrogen and oxygen atoms in total. The number of benzene rings is 1. The summed E-state index contributed by atoms with van der Waals surface area (Å²) in [6, 6.07) is 7.30. The highest BCUT2D eigenvalue weighted by Gasteiger charge is 2.48. The monoisotopic (exact) mass is 474 g/mol. The van der Waals surface area contributed by atoms with Crippen molar-refractivity contribution in [3.63, 3.8) is 0 Å². The minimum atomic E-state index is -3.24. The van der Waals surface area contributed by atoms with Gasteiger partial charge in [0.2, 0.25) is 5.91 Å². The SMILES string of the molecule is CC(=O)NC(C)(C(F)F)C(NC(=O)c1ccc(C#CC#Cc2ccc(N)s2)cc1)C(=O)NO. The maximum atomic E-state index is 13.7. The Morgan fingerprint density at radius 3 is 2.24 bits per heavy atom. The molecule has 3 amide bonds. The van der Waals surface area contributed by atoms with E-state index in [9.17, 15) is 23.2 Å². The number of thiophene rings is 1. The molecule has 0 spiro atoms. The van der Waals surface area contributed by atoms with Gasteiger partial charge in [-0.2, -0.15) is 0 Å². The highest BCUT2D eigenvalue weighted by atomic mass is 32.1. The van der Waals surface area contributed by atoms with Gasteiger partial charge < -0.3 is 16.4 Å². The number of nitrogens with one attached hydrogen (secondary N) is 3. The van der Waals surface area contributed by atoms with Crippen LogP contribution in [-0.2, 0) is 9.59 Å². The maximum absolute atomic E-state index is 13.7. The number of alkyl halides is 2. The van der Waals surface area contributed by atoms with Crippen LogP contribution in [0.5, 0.6) is 0 Å². The number of hydrogen-bond acceptors (Lipinski definition) is 6. The van der Waals surface area contributed by atoms with Crippen molar-refractivity contribution in [2.75, 3.05) is 5.73 Å². The second kappa shape index (κ2) is 11.1. The van der Waals surface area contributed by atoms with Crippen LogP contribution >= 0.6 is 11.3 Å². The second-order valence-electron chi connectivity index (χ2n) is 6.93. The van der Waals surface area contributed by atoms with Crippen molar-refractivity contribution >= 4 is 34.1 Å². The molecule has 2 rings (SSSR count). The number of rotatable bonds is 6. The van der Waals surface area contributed by atoms with E-state index in [-0.39, 0.29) is 5.56 Å². The molecular weight excluding hydrogens is 454 g/mol. The molecule has 0 aliphatic heterocycles. The number of hydrogen-bond donors (Lipinski definition) is 5. The Hall–Kier alpha value is -3.93. The lowest BCUT2D eigenvalue weighted by Crippen LogP contribution is -2.68. The Morgan fingerprint density at radius 1 is 1.09 bits per heavy atom. The lowest BCUT2D eigenvalue weighted by molar-refractivity contribution is -0.137. The normalized spacial score (nSPS) is 12.8. The molecule has 0 aliphatic carbocycles. The van der Waals surface area contributed by atoms with Gasteiger partial charge in [0.15, 0.2) is 0 Å². The van der Waals surface area contributed by atoms with Crippen LogP contribution in [0.4, 0.5) is 13.8 Å². The Morgan fingerprint density at radius 2 is 1.73 bits per heavy atom. The van der Waals surface area contributed by atoms with Crippen molar-refractivity contribution < 1.29 is 28.4 Å². The standard InChI is InChI=1S/C22H20F2N4O4S/c1-13(29)27-22(2,21(23)24)18(20(31)28-32)26-19(30)15-9-7-14(8-10-15)5-3-4-6-16-11-12-17(25)33-16/h7-12,18,21,32H,25H2,1-2H3,(H,26,30)(H,27,29)(H,28,31). The Bertz CT molecular complexity index is 1160. The predicted molar refractivity (Wildman–Crippen MR) is 118 cm³/mol. The third kappa shape index (κ3) is 6.77. The minimum Gasteiger partial charge on any atom is -0.391 e. The van der Waals surface area contributed by atoms with E-state index >= 15 is 0 Å². The van der Waals surface area contributed by atoms with Gasteiger partial charge >= 0.3 is 0 Å². The van der Waals surface area contributed by atoms with Crippen molar-refractivity contribution in [2.24, 2.45) is 0 Å². The van der Waals surface area contributed by atoms with E-state index in [2.05, 4.69) is 29.0 Å². The predicted octanol–water partition coefficient (Wildman–Crippen LogP) is 1.50. The molecule has 0 fully saturated rings. The summed E-state index contributed by atoms with van der Waals surface area (Å²) in [6.45, 7) is 1.86. The maximum Gasteiger partial charge on any atom is 0.268 e. The molecular formula is C22H20F2N4O4S. The Balaban J connectivity index is 2.17. The summed E-state index contributed by atoms with van der Waals surface area (Å²) in [5.74, 6) is 7.92. The first-order chi connectivity index (χ1) is 15.6. The van der Waals surface area contributed by atoms with Crippen molar-refractivity contribution in [1.29, 1.82) is 0 Å². The van der Waals surface area contributed by atoms with Gasteiger partial charge in [0.1, 0.15) is 11.6 Å². The van der Waals surface area contributed by atoms with E-state index in [1.807, 2.05) is 5.32 Å². The van der Waals surface area contributed by atoms with E-state index in [1.54, 1.807) is 12.1 Å². The average Bonchev–Trinajstić information content (AvgIpc) is 3.19. The van der Waals surface area contributed by atoms with E-state index in [4.69, 9.17) is 10.9 Å². The first kappa shape index (κ1) is 25.3. The van der Waals surface area contributed by atoms with Crippen molar-refractivity contribution in [2.45, 2.75) is 31.9 Å². The summed E-state index contributed by atoms with van der Waals surface area (Å²) in [4.78, 5) is 36.7. The van der Waals surface area contributed by atoms with Gasteiger partial charge in [0.25, 0.3) is 18.2 Å². The lowest BCUT2D eigenvalue weighted by Gasteiger charge is -2.36. The van der Waals surface area contributed by atoms with Crippen LogP contribution in [0.25, 0.3) is 0 Å². The molecule has 0 saturated heterocycles. The fourth-order valence-electron chi connectivity index (χ4n) is 2.72. The number of anilines is 1. The third-order valence-electron chi connectivity index (χ3n) is 4.38.